The summed E-state index contributed by atoms with van der Waals surface area (Å²) in [5, 5.41) is 14.5. The van der Waals surface area contributed by atoms with E-state index in [0.717, 1.165) is 25.7 Å². The van der Waals surface area contributed by atoms with Crippen LogP contribution in [0, 0.1) is 0 Å². The van der Waals surface area contributed by atoms with Crippen molar-refractivity contribution in [3.63, 3.8) is 0 Å². The second-order valence-corrected chi connectivity index (χ2v) is 5.61. The molecule has 0 rings (SSSR count). The van der Waals surface area contributed by atoms with Gasteiger partial charge in [0.05, 0.1) is 39.1 Å². The lowest BCUT2D eigenvalue weighted by atomic mass is 10.1. The fourth-order valence-electron chi connectivity index (χ4n) is 1.88. The topological polar surface area (TPSA) is 96.9 Å². The van der Waals surface area contributed by atoms with Crippen molar-refractivity contribution in [2.24, 2.45) is 0 Å². The lowest BCUT2D eigenvalue weighted by Gasteiger charge is -2.13. The Labute approximate surface area is 139 Å². The summed E-state index contributed by atoms with van der Waals surface area (Å²) in [4.78, 5) is 22.7. The number of carbonyl (C=O) groups is 2. The Morgan fingerprint density at radius 1 is 1.13 bits per heavy atom. The molecule has 23 heavy (non-hydrogen) atoms. The van der Waals surface area contributed by atoms with Crippen LogP contribution in [0.1, 0.15) is 39.5 Å². The van der Waals surface area contributed by atoms with Crippen molar-refractivity contribution in [2.75, 3.05) is 39.6 Å². The van der Waals surface area contributed by atoms with Crippen LogP contribution in [-0.4, -0.2) is 69.0 Å². The number of nitrogens with one attached hydrogen (secondary N) is 2. The summed E-state index contributed by atoms with van der Waals surface area (Å²) in [5.41, 5.74) is 0. The summed E-state index contributed by atoms with van der Waals surface area (Å²) in [6.07, 6.45) is 3.54. The molecule has 0 aromatic carbocycles. The predicted molar refractivity (Wildman–Crippen MR) is 88.3 cm³/mol. The summed E-state index contributed by atoms with van der Waals surface area (Å²) < 4.78 is 10.3. The van der Waals surface area contributed by atoms with Crippen LogP contribution in [0.4, 0.5) is 0 Å². The van der Waals surface area contributed by atoms with Gasteiger partial charge in [0.2, 0.25) is 5.91 Å². The molecule has 3 N–H and O–H groups in total. The Kier molecular flexibility index (Phi) is 15.2. The van der Waals surface area contributed by atoms with Gasteiger partial charge < -0.3 is 30.0 Å². The zero-order valence-corrected chi connectivity index (χ0v) is 14.4. The summed E-state index contributed by atoms with van der Waals surface area (Å²) in [7, 11) is 0. The van der Waals surface area contributed by atoms with Crippen LogP contribution in [0.3, 0.4) is 0 Å². The summed E-state index contributed by atoms with van der Waals surface area (Å²) in [6, 6.07) is 0.0417. The molecule has 0 fully saturated rings. The van der Waals surface area contributed by atoms with E-state index in [1.807, 2.05) is 0 Å². The van der Waals surface area contributed by atoms with Gasteiger partial charge in [-0.15, -0.1) is 0 Å². The van der Waals surface area contributed by atoms with Gasteiger partial charge in [0.15, 0.2) is 0 Å². The summed E-state index contributed by atoms with van der Waals surface area (Å²) in [5.74, 6) is -0.182. The number of hydrogen-bond acceptors (Lipinski definition) is 6. The molecule has 0 aliphatic rings. The summed E-state index contributed by atoms with van der Waals surface area (Å²) >= 11 is 0. The van der Waals surface area contributed by atoms with Gasteiger partial charge >= 0.3 is 0 Å². The molecule has 7 heteroatoms. The molecular weight excluding hydrogens is 300 g/mol. The number of rotatable bonds is 16. The first-order valence-electron chi connectivity index (χ1n) is 8.34. The number of carbonyl (C=O) groups excluding carboxylic acids is 2. The van der Waals surface area contributed by atoms with Crippen molar-refractivity contribution >= 4 is 12.2 Å². The Bertz CT molecular complexity index is 300. The standard InChI is InChI=1S/C16H32N2O5/c1-14(2)17-7-4-3-5-15(13-20)18-16(21)6-9-22-11-12-23-10-8-19/h13-15,17,19H,3-12H2,1-2H3,(H,18,21). The minimum absolute atomic E-state index is 0.0109. The van der Waals surface area contributed by atoms with Crippen molar-refractivity contribution < 1.29 is 24.2 Å². The predicted octanol–water partition coefficient (Wildman–Crippen LogP) is 0.254. The highest BCUT2D eigenvalue weighted by atomic mass is 16.5. The van der Waals surface area contributed by atoms with Crippen LogP contribution in [0.25, 0.3) is 0 Å². The molecule has 0 bridgehead atoms. The average molecular weight is 332 g/mol. The van der Waals surface area contributed by atoms with Crippen molar-refractivity contribution in [1.29, 1.82) is 0 Å². The van der Waals surface area contributed by atoms with Gasteiger partial charge in [0.1, 0.15) is 6.29 Å². The lowest BCUT2D eigenvalue weighted by Crippen LogP contribution is -2.36. The number of aldehydes is 1. The van der Waals surface area contributed by atoms with E-state index >= 15 is 0 Å². The highest BCUT2D eigenvalue weighted by Crippen LogP contribution is 1.99. The fraction of sp³-hybridized carbons (Fsp3) is 0.875. The van der Waals surface area contributed by atoms with E-state index in [9.17, 15) is 9.59 Å². The molecule has 0 heterocycles. The molecule has 0 saturated heterocycles. The van der Waals surface area contributed by atoms with Gasteiger partial charge in [-0.1, -0.05) is 13.8 Å². The van der Waals surface area contributed by atoms with Crippen LogP contribution in [-0.2, 0) is 19.1 Å². The van der Waals surface area contributed by atoms with Gasteiger partial charge in [-0.2, -0.15) is 0 Å². The van der Waals surface area contributed by atoms with E-state index in [1.165, 1.54) is 0 Å². The Morgan fingerprint density at radius 2 is 1.83 bits per heavy atom. The third kappa shape index (κ3) is 15.6. The number of unbranched alkanes of at least 4 members (excludes halogenated alkanes) is 1. The van der Waals surface area contributed by atoms with E-state index in [1.54, 1.807) is 0 Å². The molecule has 0 aromatic rings. The van der Waals surface area contributed by atoms with E-state index < -0.39 is 6.04 Å². The molecule has 0 saturated carbocycles. The number of amides is 1. The maximum atomic E-state index is 11.7. The third-order valence-electron chi connectivity index (χ3n) is 3.09. The highest BCUT2D eigenvalue weighted by Gasteiger charge is 2.10. The maximum Gasteiger partial charge on any atom is 0.222 e. The zero-order chi connectivity index (χ0) is 17.3. The van der Waals surface area contributed by atoms with Crippen molar-refractivity contribution in [1.82, 2.24) is 10.6 Å². The normalized spacial score (nSPS) is 12.3. The highest BCUT2D eigenvalue weighted by molar-refractivity contribution is 5.79. The molecule has 0 aromatic heterocycles. The number of aliphatic hydroxyl groups excluding tert-OH is 1. The largest absolute Gasteiger partial charge is 0.394 e. The second-order valence-electron chi connectivity index (χ2n) is 5.61. The minimum Gasteiger partial charge on any atom is -0.394 e. The summed E-state index contributed by atoms with van der Waals surface area (Å²) in [6.45, 7) is 6.45. The molecule has 7 nitrogen and oxygen atoms in total. The third-order valence-corrected chi connectivity index (χ3v) is 3.09. The molecule has 1 unspecified atom stereocenters. The molecule has 0 aliphatic heterocycles. The lowest BCUT2D eigenvalue weighted by molar-refractivity contribution is -0.125. The van der Waals surface area contributed by atoms with Crippen LogP contribution in [0.2, 0.25) is 0 Å². The fourth-order valence-corrected chi connectivity index (χ4v) is 1.88. The van der Waals surface area contributed by atoms with E-state index in [2.05, 4.69) is 24.5 Å². The molecule has 136 valence electrons. The first-order chi connectivity index (χ1) is 11.1. The van der Waals surface area contributed by atoms with Gasteiger partial charge in [-0.05, 0) is 25.8 Å². The Hall–Kier alpha value is -1.02. The quantitative estimate of drug-likeness (QED) is 0.277. The van der Waals surface area contributed by atoms with E-state index in [4.69, 9.17) is 14.6 Å². The van der Waals surface area contributed by atoms with E-state index in [0.29, 0.717) is 25.7 Å². The second kappa shape index (κ2) is 15.9. The van der Waals surface area contributed by atoms with Crippen molar-refractivity contribution in [3.8, 4) is 0 Å². The molecule has 1 atom stereocenters. The van der Waals surface area contributed by atoms with Crippen molar-refractivity contribution in [2.45, 2.75) is 51.6 Å². The molecular formula is C16H32N2O5. The Balaban J connectivity index is 3.58. The van der Waals surface area contributed by atoms with Crippen LogP contribution >= 0.6 is 0 Å². The first-order valence-corrected chi connectivity index (χ1v) is 8.34. The van der Waals surface area contributed by atoms with Gasteiger partial charge in [-0.25, -0.2) is 0 Å². The SMILES string of the molecule is CC(C)NCCCCC(C=O)NC(=O)CCOCCOCCO. The number of aliphatic hydroxyl groups is 1. The monoisotopic (exact) mass is 332 g/mol. The Morgan fingerprint density at radius 3 is 2.43 bits per heavy atom. The van der Waals surface area contributed by atoms with Crippen molar-refractivity contribution in [3.05, 3.63) is 0 Å². The molecule has 0 spiro atoms. The molecule has 1 amide bonds. The maximum absolute atomic E-state index is 11.7. The molecule has 0 radical (unpaired) electrons. The van der Waals surface area contributed by atoms with Crippen LogP contribution < -0.4 is 10.6 Å². The molecule has 0 aliphatic carbocycles. The number of hydrogen-bond donors (Lipinski definition) is 3. The zero-order valence-electron chi connectivity index (χ0n) is 14.4. The smallest absolute Gasteiger partial charge is 0.222 e. The average Bonchev–Trinajstić information content (AvgIpc) is 2.52. The van der Waals surface area contributed by atoms with Gasteiger partial charge in [0.25, 0.3) is 0 Å². The first kappa shape index (κ1) is 22.0. The van der Waals surface area contributed by atoms with Crippen LogP contribution in [0.5, 0.6) is 0 Å². The van der Waals surface area contributed by atoms with Gasteiger partial charge in [0, 0.05) is 12.5 Å². The number of ether oxygens (including phenoxy) is 2. The van der Waals surface area contributed by atoms with Gasteiger partial charge in [-0.3, -0.25) is 4.79 Å². The minimum atomic E-state index is -0.422. The van der Waals surface area contributed by atoms with Crippen LogP contribution in [0.15, 0.2) is 0 Å². The van der Waals surface area contributed by atoms with E-state index in [-0.39, 0.29) is 32.1 Å².